The lowest BCUT2D eigenvalue weighted by Gasteiger charge is -2.25. The summed E-state index contributed by atoms with van der Waals surface area (Å²) >= 11 is 0. The second kappa shape index (κ2) is 76.7. The van der Waals surface area contributed by atoms with E-state index in [0.29, 0.717) is 23.9 Å². The summed E-state index contributed by atoms with van der Waals surface area (Å²) < 4.78 is 23.0. The fourth-order valence-corrected chi connectivity index (χ4v) is 11.7. The van der Waals surface area contributed by atoms with Crippen LogP contribution in [0.4, 0.5) is 0 Å². The second-order valence-electron chi connectivity index (χ2n) is 28.4. The smallest absolute Gasteiger partial charge is 0.361 e. The van der Waals surface area contributed by atoms with Crippen LogP contribution in [0.25, 0.3) is 0 Å². The Kier molecular flexibility index (Phi) is 73.5. The maximum Gasteiger partial charge on any atom is 0.361 e. The monoisotopic (exact) mass is 1340 g/mol. The van der Waals surface area contributed by atoms with Gasteiger partial charge in [0.25, 0.3) is 6.29 Å². The van der Waals surface area contributed by atoms with Crippen LogP contribution in [-0.4, -0.2) is 87.4 Å². The fourth-order valence-electron chi connectivity index (χ4n) is 11.7. The Balaban J connectivity index is 4.06. The minimum Gasteiger partial charge on any atom is -0.477 e. The number of esters is 2. The molecule has 0 saturated heterocycles. The largest absolute Gasteiger partial charge is 0.477 e. The molecule has 0 radical (unpaired) electrons. The van der Waals surface area contributed by atoms with Crippen molar-refractivity contribution in [3.8, 4) is 0 Å². The summed E-state index contributed by atoms with van der Waals surface area (Å²) in [5, 5.41) is 9.77. The predicted octanol–water partition coefficient (Wildman–Crippen LogP) is 26.1. The van der Waals surface area contributed by atoms with Crippen LogP contribution in [-0.2, 0) is 33.3 Å². The Bertz CT molecular complexity index is 1950. The number of hydrogen-bond acceptors (Lipinski definition) is 7. The number of nitrogens with zero attached hydrogens (tertiary/aromatic N) is 1. The first-order chi connectivity index (χ1) is 47.1. The molecular formula is C87H154NO8+. The summed E-state index contributed by atoms with van der Waals surface area (Å²) in [4.78, 5) is 37.7. The van der Waals surface area contributed by atoms with Crippen molar-refractivity contribution in [1.82, 2.24) is 0 Å². The molecule has 0 rings (SSSR count). The first kappa shape index (κ1) is 92.0. The van der Waals surface area contributed by atoms with Crippen LogP contribution in [0.15, 0.2) is 109 Å². The number of carbonyl (C=O) groups excluding carboxylic acids is 2. The van der Waals surface area contributed by atoms with Crippen LogP contribution in [0.5, 0.6) is 0 Å². The average Bonchev–Trinajstić information content (AvgIpc) is 2.43. The molecule has 0 spiro atoms. The molecule has 0 fully saturated rings. The predicted molar refractivity (Wildman–Crippen MR) is 415 cm³/mol. The number of likely N-dealkylation sites (N-methyl/N-ethyl adjacent to an activating group) is 1. The van der Waals surface area contributed by atoms with Crippen LogP contribution in [0, 0.1) is 0 Å². The molecule has 0 bridgehead atoms. The van der Waals surface area contributed by atoms with Crippen LogP contribution in [0.1, 0.15) is 367 Å². The molecule has 96 heavy (non-hydrogen) atoms. The Morgan fingerprint density at radius 2 is 0.594 bits per heavy atom. The van der Waals surface area contributed by atoms with Crippen molar-refractivity contribution in [1.29, 1.82) is 0 Å². The highest BCUT2D eigenvalue weighted by Gasteiger charge is 2.25. The Morgan fingerprint density at radius 1 is 0.323 bits per heavy atom. The summed E-state index contributed by atoms with van der Waals surface area (Å²) in [7, 11) is 5.98. The molecule has 554 valence electrons. The zero-order chi connectivity index (χ0) is 69.7. The standard InChI is InChI=1S/C87H153NO8/c1-6-8-10-12-14-16-18-20-22-24-26-28-30-32-34-36-38-40-42-44-45-47-49-51-53-55-57-59-61-63-65-67-69-71-73-75-77-84(89)94-81-83(82-95-87(86(91)92)93-80-79-88(3,4)5)96-85(90)78-76-74-72-70-68-66-64-62-60-58-56-54-52-50-48-46-43-41-39-37-35-33-31-29-27-25-23-21-19-17-15-13-11-9-7-2/h9,11,15,17,21,23,27,29,33,35,39,41,46,48,52,54,58,60,83,87H,6-8,10,12-14,16,18-20,22,24-26,28,30-32,34,36-38,40,42-45,47,49-51,53,55-57,59,61-82H2,1-5H3/p+1/b11-9-,17-15-,23-21-,29-27-,35-33-,41-39-,48-46-,54-52-,60-58-. The van der Waals surface area contributed by atoms with Gasteiger partial charge < -0.3 is 28.5 Å². The molecule has 0 aliphatic carbocycles. The maximum absolute atomic E-state index is 13.0. The molecule has 0 aromatic heterocycles. The number of allylic oxidation sites excluding steroid dienone is 18. The van der Waals surface area contributed by atoms with E-state index < -0.39 is 24.3 Å². The van der Waals surface area contributed by atoms with Gasteiger partial charge in [0.05, 0.1) is 34.4 Å². The maximum atomic E-state index is 13.0. The molecule has 2 atom stereocenters. The number of ether oxygens (including phenoxy) is 4. The summed E-state index contributed by atoms with van der Waals surface area (Å²) in [6.07, 6.45) is 105. The van der Waals surface area contributed by atoms with Crippen molar-refractivity contribution in [3.05, 3.63) is 109 Å². The molecule has 0 aliphatic rings. The molecule has 0 heterocycles. The number of rotatable bonds is 75. The van der Waals surface area contributed by atoms with Gasteiger partial charge in [-0.25, -0.2) is 4.79 Å². The number of carbonyl (C=O) groups is 3. The first-order valence-corrected chi connectivity index (χ1v) is 40.6. The van der Waals surface area contributed by atoms with E-state index in [0.717, 1.165) is 103 Å². The number of quaternary nitrogens is 1. The van der Waals surface area contributed by atoms with Gasteiger partial charge in [0, 0.05) is 12.8 Å². The van der Waals surface area contributed by atoms with E-state index in [2.05, 4.69) is 123 Å². The van der Waals surface area contributed by atoms with Gasteiger partial charge in [0.1, 0.15) is 13.2 Å². The van der Waals surface area contributed by atoms with Crippen LogP contribution in [0.3, 0.4) is 0 Å². The number of unbranched alkanes of at least 4 members (excludes halogenated alkanes) is 42. The lowest BCUT2D eigenvalue weighted by atomic mass is 10.0. The SMILES string of the molecule is CC/C=C\C/C=C\C/C=C\C/C=C\C/C=C\C/C=C\C/C=C\C/C=C\C/C=C\CCCCCCCCCC(=O)OC(COC(=O)CCCCCCCCCCCCCCCCCCCCCCCCCCCCCCCCCCCCCC)COC(OCC[N+](C)(C)C)C(=O)O. The third-order valence-electron chi connectivity index (χ3n) is 17.8. The van der Waals surface area contributed by atoms with Crippen molar-refractivity contribution in [2.75, 3.05) is 47.5 Å². The van der Waals surface area contributed by atoms with Crippen molar-refractivity contribution in [3.63, 3.8) is 0 Å². The normalized spacial score (nSPS) is 13.2. The molecule has 0 amide bonds. The number of carboxylic acids is 1. The third kappa shape index (κ3) is 77.3. The summed E-state index contributed by atoms with van der Waals surface area (Å²) in [5.41, 5.74) is 0. The van der Waals surface area contributed by atoms with Gasteiger partial charge in [-0.1, -0.05) is 380 Å². The molecule has 0 saturated carbocycles. The number of carboxylic acid groups (broad SMARTS) is 1. The molecule has 1 N–H and O–H groups in total. The Hall–Kier alpha value is -4.05. The van der Waals surface area contributed by atoms with Gasteiger partial charge in [0.15, 0.2) is 6.10 Å². The summed E-state index contributed by atoms with van der Waals surface area (Å²) in [6.45, 7) is 4.79. The zero-order valence-electron chi connectivity index (χ0n) is 63.5. The van der Waals surface area contributed by atoms with E-state index in [1.807, 2.05) is 21.1 Å². The molecule has 9 heteroatoms. The average molecular weight is 1340 g/mol. The van der Waals surface area contributed by atoms with E-state index in [4.69, 9.17) is 18.9 Å². The van der Waals surface area contributed by atoms with Crippen molar-refractivity contribution in [2.24, 2.45) is 0 Å². The van der Waals surface area contributed by atoms with Crippen LogP contribution >= 0.6 is 0 Å². The second-order valence-corrected chi connectivity index (χ2v) is 28.4. The number of hydrogen-bond donors (Lipinski definition) is 1. The fraction of sp³-hybridized carbons (Fsp3) is 0.759. The highest BCUT2D eigenvalue weighted by molar-refractivity contribution is 5.71. The van der Waals surface area contributed by atoms with Gasteiger partial charge in [0.2, 0.25) is 0 Å². The summed E-state index contributed by atoms with van der Waals surface area (Å²) in [5.74, 6) is -2.01. The van der Waals surface area contributed by atoms with E-state index in [9.17, 15) is 19.5 Å². The van der Waals surface area contributed by atoms with Crippen molar-refractivity contribution >= 4 is 17.9 Å². The highest BCUT2D eigenvalue weighted by Crippen LogP contribution is 2.19. The molecule has 9 nitrogen and oxygen atoms in total. The molecular weight excluding hydrogens is 1190 g/mol. The van der Waals surface area contributed by atoms with Gasteiger partial charge >= 0.3 is 17.9 Å². The van der Waals surface area contributed by atoms with Gasteiger partial charge in [-0.3, -0.25) is 9.59 Å². The Labute approximate surface area is 594 Å². The summed E-state index contributed by atoms with van der Waals surface area (Å²) in [6, 6.07) is 0. The van der Waals surface area contributed by atoms with Crippen molar-refractivity contribution < 1.29 is 42.9 Å². The van der Waals surface area contributed by atoms with E-state index in [-0.39, 0.29) is 32.2 Å². The molecule has 2 unspecified atom stereocenters. The highest BCUT2D eigenvalue weighted by atomic mass is 16.7. The topological polar surface area (TPSA) is 108 Å². The lowest BCUT2D eigenvalue weighted by Crippen LogP contribution is -2.40. The Morgan fingerprint density at radius 3 is 0.885 bits per heavy atom. The van der Waals surface area contributed by atoms with Gasteiger partial charge in [-0.2, -0.15) is 0 Å². The zero-order valence-corrected chi connectivity index (χ0v) is 63.5. The minimum atomic E-state index is -1.52. The van der Waals surface area contributed by atoms with Gasteiger partial charge in [-0.05, 0) is 83.5 Å². The van der Waals surface area contributed by atoms with E-state index >= 15 is 0 Å². The number of aliphatic carboxylic acids is 1. The van der Waals surface area contributed by atoms with Crippen LogP contribution < -0.4 is 0 Å². The first-order valence-electron chi connectivity index (χ1n) is 40.6. The van der Waals surface area contributed by atoms with Gasteiger partial charge in [-0.15, -0.1) is 0 Å². The van der Waals surface area contributed by atoms with E-state index in [1.54, 1.807) is 0 Å². The molecule has 0 aliphatic heterocycles. The van der Waals surface area contributed by atoms with Crippen molar-refractivity contribution in [2.45, 2.75) is 379 Å². The minimum absolute atomic E-state index is 0.182. The lowest BCUT2D eigenvalue weighted by molar-refractivity contribution is -0.870. The van der Waals surface area contributed by atoms with Crippen LogP contribution in [0.2, 0.25) is 0 Å². The molecule has 0 aromatic rings. The van der Waals surface area contributed by atoms with E-state index in [1.165, 1.54) is 231 Å². The quantitative estimate of drug-likeness (QED) is 0.0211. The third-order valence-corrected chi connectivity index (χ3v) is 17.8. The molecule has 0 aromatic carbocycles.